The highest BCUT2D eigenvalue weighted by molar-refractivity contribution is 5.83. The van der Waals surface area contributed by atoms with E-state index in [2.05, 4.69) is 61.2 Å². The quantitative estimate of drug-likeness (QED) is 0.369. The predicted molar refractivity (Wildman–Crippen MR) is 108 cm³/mol. The Bertz CT molecular complexity index is 937. The number of aromatic amines is 1. The maximum absolute atomic E-state index is 4.58. The number of benzene rings is 1. The molecule has 1 unspecified atom stereocenters. The molecule has 1 aliphatic rings. The van der Waals surface area contributed by atoms with Crippen LogP contribution in [0.15, 0.2) is 35.5 Å². The number of aryl methyl sites for hydroxylation is 3. The lowest BCUT2D eigenvalue weighted by Crippen LogP contribution is -2.41. The number of para-hydroxylation sites is 1. The van der Waals surface area contributed by atoms with Crippen molar-refractivity contribution in [2.75, 3.05) is 13.6 Å². The van der Waals surface area contributed by atoms with Crippen LogP contribution in [0.1, 0.15) is 42.5 Å². The van der Waals surface area contributed by atoms with Gasteiger partial charge in [0.15, 0.2) is 5.96 Å². The van der Waals surface area contributed by atoms with E-state index in [1.54, 1.807) is 0 Å². The molecule has 3 aromatic rings. The van der Waals surface area contributed by atoms with Crippen molar-refractivity contribution in [1.82, 2.24) is 30.4 Å². The lowest BCUT2D eigenvalue weighted by atomic mass is 10.1. The Labute approximate surface area is 159 Å². The molecule has 0 bridgehead atoms. The molecule has 2 aromatic heterocycles. The Balaban J connectivity index is 1.30. The Morgan fingerprint density at radius 1 is 1.37 bits per heavy atom. The minimum absolute atomic E-state index is 0.166. The van der Waals surface area contributed by atoms with Crippen molar-refractivity contribution in [2.24, 2.45) is 4.99 Å². The number of fused-ring (bicyclic) bond motifs is 2. The van der Waals surface area contributed by atoms with E-state index >= 15 is 0 Å². The van der Waals surface area contributed by atoms with Gasteiger partial charge in [-0.2, -0.15) is 5.10 Å². The van der Waals surface area contributed by atoms with Crippen molar-refractivity contribution >= 4 is 16.9 Å². The normalized spacial score (nSPS) is 17.1. The van der Waals surface area contributed by atoms with Gasteiger partial charge in [0.05, 0.1) is 6.04 Å². The summed E-state index contributed by atoms with van der Waals surface area (Å²) in [7, 11) is 1.81. The molecule has 1 atom stereocenters. The summed E-state index contributed by atoms with van der Waals surface area (Å²) in [6.07, 6.45) is 6.35. The van der Waals surface area contributed by atoms with Crippen LogP contribution >= 0.6 is 0 Å². The summed E-state index contributed by atoms with van der Waals surface area (Å²) < 4.78 is 2.01. The molecule has 7 heteroatoms. The van der Waals surface area contributed by atoms with Crippen LogP contribution < -0.4 is 10.6 Å². The highest BCUT2D eigenvalue weighted by Gasteiger charge is 2.24. The highest BCUT2D eigenvalue weighted by atomic mass is 15.4. The third kappa shape index (κ3) is 3.82. The van der Waals surface area contributed by atoms with Gasteiger partial charge in [0.2, 0.25) is 0 Å². The van der Waals surface area contributed by atoms with Crippen molar-refractivity contribution in [1.29, 1.82) is 0 Å². The van der Waals surface area contributed by atoms with Crippen LogP contribution in [0.25, 0.3) is 10.9 Å². The second kappa shape index (κ2) is 7.82. The highest BCUT2D eigenvalue weighted by Crippen LogP contribution is 2.23. The van der Waals surface area contributed by atoms with E-state index in [4.69, 9.17) is 0 Å². The first-order chi connectivity index (χ1) is 13.2. The molecule has 0 spiro atoms. The minimum Gasteiger partial charge on any atom is -0.361 e. The molecule has 27 heavy (non-hydrogen) atoms. The number of H-pyrrole nitrogens is 1. The second-order valence-corrected chi connectivity index (χ2v) is 7.04. The van der Waals surface area contributed by atoms with Crippen LogP contribution in [-0.2, 0) is 13.0 Å². The van der Waals surface area contributed by atoms with Gasteiger partial charge in [-0.15, -0.1) is 0 Å². The fraction of sp³-hybridized carbons (Fsp3) is 0.450. The molecule has 3 heterocycles. The van der Waals surface area contributed by atoms with Crippen LogP contribution in [0.3, 0.4) is 0 Å². The van der Waals surface area contributed by atoms with Crippen LogP contribution in [0, 0.1) is 6.92 Å². The van der Waals surface area contributed by atoms with Gasteiger partial charge in [-0.3, -0.25) is 4.99 Å². The Morgan fingerprint density at radius 2 is 2.26 bits per heavy atom. The first-order valence-corrected chi connectivity index (χ1v) is 9.68. The molecular weight excluding hydrogens is 338 g/mol. The van der Waals surface area contributed by atoms with Crippen LogP contribution in [0.5, 0.6) is 0 Å². The number of nitrogens with zero attached hydrogens (tertiary/aromatic N) is 4. The summed E-state index contributed by atoms with van der Waals surface area (Å²) in [6.45, 7) is 3.77. The summed E-state index contributed by atoms with van der Waals surface area (Å²) in [4.78, 5) is 12.3. The van der Waals surface area contributed by atoms with Gasteiger partial charge in [0, 0.05) is 37.2 Å². The van der Waals surface area contributed by atoms with E-state index in [0.29, 0.717) is 0 Å². The van der Waals surface area contributed by atoms with E-state index in [0.717, 1.165) is 56.4 Å². The SMILES string of the molecule is CN=C(NCCCc1c[nH]c2ccccc12)NC1CCCn2nc(C)nc21. The standard InChI is InChI=1S/C20H27N7/c1-14-24-19-18(10-6-12-27(19)26-14)25-20(21-2)22-11-5-7-15-13-23-17-9-4-3-8-16(15)17/h3-4,8-9,13,18,23H,5-7,10-12H2,1-2H3,(H2,21,22,25). The number of nitrogens with one attached hydrogen (secondary N) is 3. The fourth-order valence-corrected chi connectivity index (χ4v) is 3.79. The van der Waals surface area contributed by atoms with E-state index in [1.165, 1.54) is 16.5 Å². The third-order valence-electron chi connectivity index (χ3n) is 5.11. The van der Waals surface area contributed by atoms with E-state index < -0.39 is 0 Å². The van der Waals surface area contributed by atoms with Gasteiger partial charge in [0.1, 0.15) is 11.6 Å². The zero-order chi connectivity index (χ0) is 18.6. The fourth-order valence-electron chi connectivity index (χ4n) is 3.79. The molecule has 0 saturated heterocycles. The summed E-state index contributed by atoms with van der Waals surface area (Å²) in [6, 6.07) is 8.62. The Hall–Kier alpha value is -2.83. The van der Waals surface area contributed by atoms with Crippen LogP contribution in [0.4, 0.5) is 0 Å². The maximum Gasteiger partial charge on any atom is 0.191 e. The molecule has 4 rings (SSSR count). The Kier molecular flexibility index (Phi) is 5.09. The summed E-state index contributed by atoms with van der Waals surface area (Å²) >= 11 is 0. The molecular formula is C20H27N7. The molecule has 1 aliphatic heterocycles. The maximum atomic E-state index is 4.58. The number of hydrogen-bond acceptors (Lipinski definition) is 3. The molecule has 3 N–H and O–H groups in total. The molecule has 0 saturated carbocycles. The third-order valence-corrected chi connectivity index (χ3v) is 5.11. The van der Waals surface area contributed by atoms with Crippen LogP contribution in [-0.4, -0.2) is 39.3 Å². The monoisotopic (exact) mass is 365 g/mol. The molecule has 7 nitrogen and oxygen atoms in total. The average Bonchev–Trinajstić information content (AvgIpc) is 3.27. The predicted octanol–water partition coefficient (Wildman–Crippen LogP) is 2.70. The summed E-state index contributed by atoms with van der Waals surface area (Å²) in [5.41, 5.74) is 2.57. The topological polar surface area (TPSA) is 82.9 Å². The van der Waals surface area contributed by atoms with Crippen LogP contribution in [0.2, 0.25) is 0 Å². The molecule has 1 aromatic carbocycles. The van der Waals surface area contributed by atoms with Crippen molar-refractivity contribution in [2.45, 2.75) is 45.2 Å². The van der Waals surface area contributed by atoms with Crippen molar-refractivity contribution in [3.05, 3.63) is 47.7 Å². The number of aliphatic imine (C=N–C) groups is 1. The van der Waals surface area contributed by atoms with Gasteiger partial charge in [0.25, 0.3) is 0 Å². The minimum atomic E-state index is 0.166. The van der Waals surface area contributed by atoms with E-state index in [9.17, 15) is 0 Å². The van der Waals surface area contributed by atoms with Gasteiger partial charge in [-0.1, -0.05) is 18.2 Å². The van der Waals surface area contributed by atoms with Gasteiger partial charge in [-0.05, 0) is 44.2 Å². The Morgan fingerprint density at radius 3 is 3.15 bits per heavy atom. The lowest BCUT2D eigenvalue weighted by molar-refractivity contribution is 0.397. The molecule has 0 aliphatic carbocycles. The van der Waals surface area contributed by atoms with Crippen molar-refractivity contribution in [3.8, 4) is 0 Å². The summed E-state index contributed by atoms with van der Waals surface area (Å²) in [5.74, 6) is 2.67. The largest absolute Gasteiger partial charge is 0.361 e. The first kappa shape index (κ1) is 17.6. The van der Waals surface area contributed by atoms with Gasteiger partial charge < -0.3 is 15.6 Å². The first-order valence-electron chi connectivity index (χ1n) is 9.68. The summed E-state index contributed by atoms with van der Waals surface area (Å²) in [5, 5.41) is 12.7. The average molecular weight is 365 g/mol. The molecule has 0 radical (unpaired) electrons. The molecule has 0 fully saturated rings. The van der Waals surface area contributed by atoms with E-state index in [1.807, 2.05) is 18.7 Å². The number of guanidine groups is 1. The van der Waals surface area contributed by atoms with Gasteiger partial charge >= 0.3 is 0 Å². The van der Waals surface area contributed by atoms with E-state index in [-0.39, 0.29) is 6.04 Å². The molecule has 142 valence electrons. The second-order valence-electron chi connectivity index (χ2n) is 7.04. The van der Waals surface area contributed by atoms with Crippen molar-refractivity contribution < 1.29 is 0 Å². The lowest BCUT2D eigenvalue weighted by Gasteiger charge is -2.25. The number of rotatable bonds is 5. The number of aromatic nitrogens is 4. The zero-order valence-corrected chi connectivity index (χ0v) is 16.0. The molecule has 0 amide bonds. The number of hydrogen-bond donors (Lipinski definition) is 3. The van der Waals surface area contributed by atoms with Crippen molar-refractivity contribution in [3.63, 3.8) is 0 Å². The van der Waals surface area contributed by atoms with Gasteiger partial charge in [-0.25, -0.2) is 9.67 Å². The smallest absolute Gasteiger partial charge is 0.191 e. The zero-order valence-electron chi connectivity index (χ0n) is 16.0.